The molecule has 0 aromatic heterocycles. The van der Waals surface area contributed by atoms with Gasteiger partial charge in [0.05, 0.1) is 36.1 Å². The highest BCUT2D eigenvalue weighted by atomic mass is 19.1. The van der Waals surface area contributed by atoms with E-state index < -0.39 is 53.2 Å². The Hall–Kier alpha value is -4.24. The highest BCUT2D eigenvalue weighted by molar-refractivity contribution is 6.11. The molecule has 210 valence electrons. The summed E-state index contributed by atoms with van der Waals surface area (Å²) in [6, 6.07) is 18.9. The third-order valence-electron chi connectivity index (χ3n) is 6.98. The Bertz CT molecular complexity index is 1370. The van der Waals surface area contributed by atoms with Gasteiger partial charge in [-0.1, -0.05) is 36.4 Å². The number of ketones is 1. The predicted octanol–water partition coefficient (Wildman–Crippen LogP) is 4.94. The summed E-state index contributed by atoms with van der Waals surface area (Å²) in [5, 5.41) is 17.1. The van der Waals surface area contributed by atoms with Gasteiger partial charge in [0, 0.05) is 12.3 Å². The number of Topliss-reactive ketones (excluding diaryl/α,β-unsaturated/α-hetero) is 1. The molecule has 3 aromatic carbocycles. The smallest absolute Gasteiger partial charge is 0.235 e. The zero-order chi connectivity index (χ0) is 28.9. The highest BCUT2D eigenvalue weighted by Crippen LogP contribution is 2.47. The first kappa shape index (κ1) is 28.8. The fourth-order valence-electron chi connectivity index (χ4n) is 5.30. The van der Waals surface area contributed by atoms with Gasteiger partial charge in [-0.15, -0.1) is 0 Å². The molecule has 3 N–H and O–H groups in total. The second-order valence-electron chi connectivity index (χ2n) is 9.87. The van der Waals surface area contributed by atoms with E-state index in [0.717, 1.165) is 0 Å². The number of para-hydroxylation sites is 4. The van der Waals surface area contributed by atoms with E-state index in [1.807, 2.05) is 13.8 Å². The van der Waals surface area contributed by atoms with E-state index in [9.17, 15) is 23.9 Å². The predicted molar refractivity (Wildman–Crippen MR) is 149 cm³/mol. The average Bonchev–Trinajstić information content (AvgIpc) is 2.90. The minimum absolute atomic E-state index is 0.363. The van der Waals surface area contributed by atoms with Crippen molar-refractivity contribution in [1.82, 2.24) is 0 Å². The molecule has 1 aliphatic rings. The lowest BCUT2D eigenvalue weighted by atomic mass is 9.61. The lowest BCUT2D eigenvalue weighted by Gasteiger charge is -2.44. The van der Waals surface area contributed by atoms with Gasteiger partial charge in [-0.3, -0.25) is 14.4 Å². The molecule has 0 bridgehead atoms. The Morgan fingerprint density at radius 1 is 0.875 bits per heavy atom. The van der Waals surface area contributed by atoms with Crippen LogP contribution in [0.5, 0.6) is 11.5 Å². The van der Waals surface area contributed by atoms with E-state index in [2.05, 4.69) is 10.6 Å². The van der Waals surface area contributed by atoms with E-state index in [4.69, 9.17) is 9.47 Å². The molecule has 1 fully saturated rings. The third kappa shape index (κ3) is 6.15. The van der Waals surface area contributed by atoms with Gasteiger partial charge in [-0.2, -0.15) is 0 Å². The summed E-state index contributed by atoms with van der Waals surface area (Å²) in [6.07, 6.45) is -0.429. The zero-order valence-corrected chi connectivity index (χ0v) is 22.6. The van der Waals surface area contributed by atoms with Gasteiger partial charge in [0.15, 0.2) is 0 Å². The molecule has 4 atom stereocenters. The highest BCUT2D eigenvalue weighted by Gasteiger charge is 2.56. The van der Waals surface area contributed by atoms with Crippen LogP contribution in [0.25, 0.3) is 0 Å². The van der Waals surface area contributed by atoms with Gasteiger partial charge in [0.1, 0.15) is 29.0 Å². The van der Waals surface area contributed by atoms with Crippen LogP contribution < -0.4 is 20.1 Å². The molecule has 9 heteroatoms. The number of benzene rings is 3. The standard InChI is InChI=1S/C31H33FN2O6/c1-4-39-24-12-8-6-10-21(24)33-29(36)27-23(35)18-31(3,38)28(26(27)19-14-16-20(32)17-15-19)30(37)34-22-11-7-9-13-25(22)40-5-2/h6-17,26-28,38H,4-5,18H2,1-3H3,(H,33,36)(H,34,37). The maximum absolute atomic E-state index is 13.9. The summed E-state index contributed by atoms with van der Waals surface area (Å²) >= 11 is 0. The van der Waals surface area contributed by atoms with Crippen molar-refractivity contribution in [2.24, 2.45) is 11.8 Å². The molecule has 4 unspecified atom stereocenters. The lowest BCUT2D eigenvalue weighted by molar-refractivity contribution is -0.150. The summed E-state index contributed by atoms with van der Waals surface area (Å²) in [7, 11) is 0. The molecule has 0 spiro atoms. The van der Waals surface area contributed by atoms with Crippen molar-refractivity contribution >= 4 is 29.0 Å². The topological polar surface area (TPSA) is 114 Å². The van der Waals surface area contributed by atoms with Crippen molar-refractivity contribution in [3.05, 3.63) is 84.2 Å². The van der Waals surface area contributed by atoms with E-state index in [1.54, 1.807) is 48.5 Å². The average molecular weight is 549 g/mol. The Morgan fingerprint density at radius 2 is 1.38 bits per heavy atom. The fourth-order valence-corrected chi connectivity index (χ4v) is 5.30. The SMILES string of the molecule is CCOc1ccccc1NC(=O)C1C(=O)CC(C)(O)C(C(=O)Nc2ccccc2OCC)C1c1ccc(F)cc1. The maximum atomic E-state index is 13.9. The number of aliphatic hydroxyl groups is 1. The number of carbonyl (C=O) groups is 3. The van der Waals surface area contributed by atoms with Crippen molar-refractivity contribution in [3.63, 3.8) is 0 Å². The van der Waals surface area contributed by atoms with Crippen LogP contribution in [0.1, 0.15) is 38.7 Å². The van der Waals surface area contributed by atoms with Gasteiger partial charge < -0.3 is 25.2 Å². The van der Waals surface area contributed by atoms with E-state index >= 15 is 0 Å². The van der Waals surface area contributed by atoms with Crippen LogP contribution in [0.15, 0.2) is 72.8 Å². The van der Waals surface area contributed by atoms with Gasteiger partial charge in [-0.25, -0.2) is 4.39 Å². The molecule has 40 heavy (non-hydrogen) atoms. The molecule has 0 aliphatic heterocycles. The van der Waals surface area contributed by atoms with Gasteiger partial charge >= 0.3 is 0 Å². The number of anilines is 2. The minimum atomic E-state index is -1.80. The second kappa shape index (κ2) is 12.3. The first-order valence-electron chi connectivity index (χ1n) is 13.2. The summed E-state index contributed by atoms with van der Waals surface area (Å²) < 4.78 is 25.1. The number of nitrogens with one attached hydrogen (secondary N) is 2. The first-order chi connectivity index (χ1) is 19.2. The van der Waals surface area contributed by atoms with Crippen LogP contribution in [0.4, 0.5) is 15.8 Å². The quantitative estimate of drug-likeness (QED) is 0.327. The van der Waals surface area contributed by atoms with Crippen molar-refractivity contribution < 1.29 is 33.4 Å². The normalized spacial score (nSPS) is 22.3. The van der Waals surface area contributed by atoms with E-state index in [0.29, 0.717) is 41.7 Å². The van der Waals surface area contributed by atoms with Crippen LogP contribution in [0.2, 0.25) is 0 Å². The van der Waals surface area contributed by atoms with Crippen molar-refractivity contribution in [2.75, 3.05) is 23.8 Å². The molecule has 0 radical (unpaired) electrons. The number of halogens is 1. The fraction of sp³-hybridized carbons (Fsp3) is 0.323. The molecule has 0 saturated heterocycles. The molecular formula is C31H33FN2O6. The Balaban J connectivity index is 1.76. The van der Waals surface area contributed by atoms with Gasteiger partial charge in [0.25, 0.3) is 0 Å². The summed E-state index contributed by atoms with van der Waals surface area (Å²) in [4.78, 5) is 41.2. The number of hydrogen-bond donors (Lipinski definition) is 3. The number of rotatable bonds is 9. The monoisotopic (exact) mass is 548 g/mol. The van der Waals surface area contributed by atoms with Crippen LogP contribution >= 0.6 is 0 Å². The van der Waals surface area contributed by atoms with Crippen LogP contribution in [-0.2, 0) is 14.4 Å². The number of carbonyl (C=O) groups excluding carboxylic acids is 3. The molecular weight excluding hydrogens is 515 g/mol. The number of ether oxygens (including phenoxy) is 2. The van der Waals surface area contributed by atoms with Crippen LogP contribution in [0, 0.1) is 17.7 Å². The molecule has 2 amide bonds. The van der Waals surface area contributed by atoms with Crippen LogP contribution in [0.3, 0.4) is 0 Å². The van der Waals surface area contributed by atoms with Crippen molar-refractivity contribution in [1.29, 1.82) is 0 Å². The van der Waals surface area contributed by atoms with Gasteiger partial charge in [0.2, 0.25) is 11.8 Å². The van der Waals surface area contributed by atoms with Crippen LogP contribution in [-0.4, -0.2) is 41.5 Å². The lowest BCUT2D eigenvalue weighted by Crippen LogP contribution is -2.56. The first-order valence-corrected chi connectivity index (χ1v) is 13.2. The number of hydrogen-bond acceptors (Lipinski definition) is 6. The Labute approximate surface area is 232 Å². The Kier molecular flexibility index (Phi) is 8.84. The second-order valence-corrected chi connectivity index (χ2v) is 9.87. The molecule has 1 saturated carbocycles. The summed E-state index contributed by atoms with van der Waals surface area (Å²) in [5.74, 6) is -5.16. The maximum Gasteiger partial charge on any atom is 0.235 e. The minimum Gasteiger partial charge on any atom is -0.492 e. The largest absolute Gasteiger partial charge is 0.492 e. The van der Waals surface area contributed by atoms with Crippen molar-refractivity contribution in [2.45, 2.75) is 38.7 Å². The third-order valence-corrected chi connectivity index (χ3v) is 6.98. The van der Waals surface area contributed by atoms with E-state index in [-0.39, 0.29) is 0 Å². The molecule has 3 aromatic rings. The molecule has 0 heterocycles. The van der Waals surface area contributed by atoms with Crippen molar-refractivity contribution in [3.8, 4) is 11.5 Å². The summed E-state index contributed by atoms with van der Waals surface area (Å²) in [5.41, 5.74) is -0.692. The van der Waals surface area contributed by atoms with E-state index in [1.165, 1.54) is 31.2 Å². The molecule has 4 rings (SSSR count). The zero-order valence-electron chi connectivity index (χ0n) is 22.6. The molecule has 8 nitrogen and oxygen atoms in total. The molecule has 1 aliphatic carbocycles. The Morgan fingerprint density at radius 3 is 1.90 bits per heavy atom. The number of amides is 2. The van der Waals surface area contributed by atoms with Gasteiger partial charge in [-0.05, 0) is 62.7 Å². The summed E-state index contributed by atoms with van der Waals surface area (Å²) in [6.45, 7) is 5.75.